The number of nitrogens with zero attached hydrogens (tertiary/aromatic N) is 1. The Morgan fingerprint density at radius 1 is 1.67 bits per heavy atom. The van der Waals surface area contributed by atoms with Gasteiger partial charge in [0.05, 0.1) is 0 Å². The Kier molecular flexibility index (Phi) is 12.8. The summed E-state index contributed by atoms with van der Waals surface area (Å²) in [7, 11) is 5.48. The number of rotatable bonds is 9. The second kappa shape index (κ2) is 12.5. The van der Waals surface area contributed by atoms with Crippen molar-refractivity contribution in [3.8, 4) is 0 Å². The van der Waals surface area contributed by atoms with Crippen molar-refractivity contribution in [1.29, 1.82) is 0 Å². The van der Waals surface area contributed by atoms with Crippen molar-refractivity contribution in [2.45, 2.75) is 13.3 Å². The van der Waals surface area contributed by atoms with Crippen LogP contribution in [0.1, 0.15) is 13.3 Å². The van der Waals surface area contributed by atoms with E-state index < -0.39 is 0 Å². The van der Waals surface area contributed by atoms with E-state index in [1.54, 1.807) is 27.8 Å². The number of hydrogen-bond donors (Lipinski definition) is 1. The molecule has 0 aromatic carbocycles. The van der Waals surface area contributed by atoms with Crippen LogP contribution in [-0.2, 0) is 9.53 Å². The third-order valence-corrected chi connectivity index (χ3v) is 3.60. The average Bonchev–Trinajstić information content (AvgIpc) is 2.23. The van der Waals surface area contributed by atoms with Gasteiger partial charge >= 0.3 is 101 Å². The van der Waals surface area contributed by atoms with Gasteiger partial charge in [0.25, 0.3) is 0 Å². The topological polar surface area (TPSA) is 50.7 Å². The molecule has 0 aliphatic heterocycles. The molecule has 0 radical (unpaired) electrons. The van der Waals surface area contributed by atoms with Crippen LogP contribution in [-0.4, -0.2) is 37.8 Å². The summed E-state index contributed by atoms with van der Waals surface area (Å²) in [6.45, 7) is 3.77. The molecule has 0 aliphatic rings. The molecule has 0 saturated carbocycles. The van der Waals surface area contributed by atoms with Gasteiger partial charge in [-0.05, 0) is 0 Å². The van der Waals surface area contributed by atoms with Crippen LogP contribution in [0.15, 0.2) is 4.67 Å². The summed E-state index contributed by atoms with van der Waals surface area (Å²) in [6, 6.07) is 0. The molecule has 0 aromatic rings. The normalized spacial score (nSPS) is 10.3. The Morgan fingerprint density at radius 3 is 3.13 bits per heavy atom. The van der Waals surface area contributed by atoms with Crippen LogP contribution >= 0.6 is 30.8 Å². The van der Waals surface area contributed by atoms with Gasteiger partial charge in [-0.1, -0.05) is 0 Å². The standard InChI is InChI=1S/C7H16BN2O2PS2/c1-2-12-5-3-7(11)9-4-6-14-15-8-10-13/h2-6,13H2,1H3,(H,9,11). The maximum atomic E-state index is 11.2. The molecule has 1 atom stereocenters. The molecule has 0 fully saturated rings. The first kappa shape index (κ1) is 15.4. The molecule has 0 aromatic heterocycles. The van der Waals surface area contributed by atoms with E-state index in [4.69, 9.17) is 4.74 Å². The number of hydrogen-bond acceptors (Lipinski definition) is 5. The monoisotopic (exact) mass is 266 g/mol. The molecule has 0 spiro atoms. The van der Waals surface area contributed by atoms with E-state index in [0.29, 0.717) is 26.2 Å². The van der Waals surface area contributed by atoms with Crippen molar-refractivity contribution in [1.82, 2.24) is 5.32 Å². The predicted octanol–water partition coefficient (Wildman–Crippen LogP) is 1.50. The summed E-state index contributed by atoms with van der Waals surface area (Å²) in [6.07, 6.45) is 2.19. The molecule has 1 unspecified atom stereocenters. The second-order valence-electron chi connectivity index (χ2n) is 2.47. The van der Waals surface area contributed by atoms with Gasteiger partial charge in [-0.2, -0.15) is 0 Å². The van der Waals surface area contributed by atoms with Crippen LogP contribution in [0.2, 0.25) is 0 Å². The molecular formula is C7H16BN2O2PS2. The van der Waals surface area contributed by atoms with Crippen LogP contribution in [0.5, 0.6) is 0 Å². The SMILES string of the molecule is CCOCCC(=O)NCCSS/B=N/P. The Hall–Kier alpha value is 0.425. The van der Waals surface area contributed by atoms with Gasteiger partial charge in [0.15, 0.2) is 0 Å². The van der Waals surface area contributed by atoms with E-state index in [9.17, 15) is 4.79 Å². The van der Waals surface area contributed by atoms with Crippen molar-refractivity contribution in [3.05, 3.63) is 0 Å². The fourth-order valence-electron chi connectivity index (χ4n) is 0.733. The van der Waals surface area contributed by atoms with Crippen molar-refractivity contribution in [2.75, 3.05) is 25.5 Å². The van der Waals surface area contributed by atoms with Crippen LogP contribution < -0.4 is 5.32 Å². The van der Waals surface area contributed by atoms with E-state index in [0.717, 1.165) is 5.75 Å². The van der Waals surface area contributed by atoms with Crippen LogP contribution in [0.4, 0.5) is 0 Å². The molecular weight excluding hydrogens is 250 g/mol. The van der Waals surface area contributed by atoms with E-state index in [2.05, 4.69) is 19.4 Å². The minimum atomic E-state index is 0.0498. The molecule has 0 heterocycles. The molecule has 1 amide bonds. The van der Waals surface area contributed by atoms with Crippen molar-refractivity contribution in [3.63, 3.8) is 0 Å². The number of ether oxygens (including phenoxy) is 1. The van der Waals surface area contributed by atoms with Crippen molar-refractivity contribution in [2.24, 2.45) is 4.67 Å². The second-order valence-corrected chi connectivity index (χ2v) is 5.10. The molecule has 4 nitrogen and oxygen atoms in total. The molecule has 0 bridgehead atoms. The molecule has 15 heavy (non-hydrogen) atoms. The molecule has 0 saturated heterocycles. The number of nitrogens with one attached hydrogen (secondary N) is 1. The Labute approximate surface area is 102 Å². The van der Waals surface area contributed by atoms with Gasteiger partial charge in [-0.15, -0.1) is 0 Å². The predicted molar refractivity (Wildman–Crippen MR) is 72.1 cm³/mol. The summed E-state index contributed by atoms with van der Waals surface area (Å²) in [5.41, 5.74) is 0. The van der Waals surface area contributed by atoms with Gasteiger partial charge in [0, 0.05) is 0 Å². The zero-order valence-corrected chi connectivity index (χ0v) is 11.6. The van der Waals surface area contributed by atoms with Crippen LogP contribution in [0.3, 0.4) is 0 Å². The maximum absolute atomic E-state index is 11.2. The molecule has 8 heteroatoms. The summed E-state index contributed by atoms with van der Waals surface area (Å²) in [5.74, 6) is 0.926. The summed E-state index contributed by atoms with van der Waals surface area (Å²) in [5, 5.41) is 2.82. The first-order valence-electron chi connectivity index (χ1n) is 4.65. The van der Waals surface area contributed by atoms with Gasteiger partial charge in [-0.3, -0.25) is 0 Å². The number of carbonyl (C=O) groups excluding carboxylic acids is 1. The first-order valence-corrected chi connectivity index (χ1v) is 7.55. The van der Waals surface area contributed by atoms with Crippen LogP contribution in [0, 0.1) is 0 Å². The minimum absolute atomic E-state index is 0.0498. The Morgan fingerprint density at radius 2 is 2.47 bits per heavy atom. The van der Waals surface area contributed by atoms with E-state index >= 15 is 0 Å². The third-order valence-electron chi connectivity index (χ3n) is 1.36. The number of amides is 1. The third kappa shape index (κ3) is 12.4. The summed E-state index contributed by atoms with van der Waals surface area (Å²) < 4.78 is 8.82. The molecule has 1 N–H and O–H groups in total. The fourth-order valence-corrected chi connectivity index (χ4v) is 2.44. The molecule has 86 valence electrons. The van der Waals surface area contributed by atoms with E-state index in [1.807, 2.05) is 6.92 Å². The summed E-state index contributed by atoms with van der Waals surface area (Å²) in [4.78, 5) is 11.2. The summed E-state index contributed by atoms with van der Waals surface area (Å²) >= 11 is 0. The zero-order chi connectivity index (χ0) is 11.4. The van der Waals surface area contributed by atoms with Crippen molar-refractivity contribution < 1.29 is 9.53 Å². The average molecular weight is 266 g/mol. The van der Waals surface area contributed by atoms with E-state index in [-0.39, 0.29) is 5.91 Å². The first-order chi connectivity index (χ1) is 7.31. The zero-order valence-electron chi connectivity index (χ0n) is 8.77. The Balaban J connectivity index is 3.16. The van der Waals surface area contributed by atoms with Gasteiger partial charge in [0.1, 0.15) is 0 Å². The number of carbonyl (C=O) groups is 1. The van der Waals surface area contributed by atoms with Crippen molar-refractivity contribution >= 4 is 43.1 Å². The fraction of sp³-hybridized carbons (Fsp3) is 0.857. The quantitative estimate of drug-likeness (QED) is 0.297. The van der Waals surface area contributed by atoms with Crippen LogP contribution in [0.25, 0.3) is 0 Å². The van der Waals surface area contributed by atoms with E-state index in [1.165, 1.54) is 0 Å². The molecule has 0 aliphatic carbocycles. The van der Waals surface area contributed by atoms with Gasteiger partial charge < -0.3 is 0 Å². The van der Waals surface area contributed by atoms with Gasteiger partial charge in [-0.25, -0.2) is 0 Å². The molecule has 0 rings (SSSR count). The Bertz CT molecular complexity index is 198. The van der Waals surface area contributed by atoms with Gasteiger partial charge in [0.2, 0.25) is 0 Å².